The molecule has 1 unspecified atom stereocenters. The van der Waals surface area contributed by atoms with Gasteiger partial charge in [0.05, 0.1) is 0 Å². The van der Waals surface area contributed by atoms with E-state index in [1.807, 2.05) is 37.3 Å². The maximum Gasteiger partial charge on any atom is 0.410 e. The smallest absolute Gasteiger partial charge is 0.410 e. The Balaban J connectivity index is 2.08. The third kappa shape index (κ3) is 5.76. The summed E-state index contributed by atoms with van der Waals surface area (Å²) in [4.78, 5) is 26.0. The lowest BCUT2D eigenvalue weighted by atomic mass is 9.90. The van der Waals surface area contributed by atoms with Crippen LogP contribution in [-0.2, 0) is 16.1 Å². The van der Waals surface area contributed by atoms with Gasteiger partial charge in [-0.1, -0.05) is 62.9 Å². The van der Waals surface area contributed by atoms with E-state index in [9.17, 15) is 14.7 Å². The van der Waals surface area contributed by atoms with Crippen molar-refractivity contribution in [2.24, 2.45) is 5.92 Å². The lowest BCUT2D eigenvalue weighted by molar-refractivity contribution is -0.145. The molecule has 1 aliphatic carbocycles. The van der Waals surface area contributed by atoms with Crippen LogP contribution in [0.1, 0.15) is 57.4 Å². The maximum absolute atomic E-state index is 12.6. The molecule has 138 valence electrons. The lowest BCUT2D eigenvalue weighted by Gasteiger charge is -2.33. The Bertz CT molecular complexity index is 538. The summed E-state index contributed by atoms with van der Waals surface area (Å²) in [6.45, 7) is 2.52. The fourth-order valence-corrected chi connectivity index (χ4v) is 3.60. The van der Waals surface area contributed by atoms with Gasteiger partial charge < -0.3 is 9.84 Å². The second-order valence-electron chi connectivity index (χ2n) is 6.77. The molecule has 1 atom stereocenters. The number of aliphatic carboxylic acids is 1. The van der Waals surface area contributed by atoms with Crippen molar-refractivity contribution in [3.8, 4) is 0 Å². The summed E-state index contributed by atoms with van der Waals surface area (Å²) in [6, 6.07) is 8.66. The van der Waals surface area contributed by atoms with Crippen LogP contribution in [0.5, 0.6) is 0 Å². The molecule has 1 aliphatic rings. The van der Waals surface area contributed by atoms with Gasteiger partial charge in [-0.25, -0.2) is 9.59 Å². The molecule has 0 spiro atoms. The van der Waals surface area contributed by atoms with Crippen LogP contribution in [0.2, 0.25) is 0 Å². The highest BCUT2D eigenvalue weighted by Gasteiger charge is 2.37. The molecule has 0 saturated heterocycles. The summed E-state index contributed by atoms with van der Waals surface area (Å²) in [5, 5.41) is 9.80. The predicted molar refractivity (Wildman–Crippen MR) is 96.2 cm³/mol. The Morgan fingerprint density at radius 3 is 2.36 bits per heavy atom. The van der Waals surface area contributed by atoms with E-state index in [1.165, 1.54) is 4.90 Å². The number of carboxylic acids is 1. The second-order valence-corrected chi connectivity index (χ2v) is 6.77. The molecule has 1 saturated carbocycles. The molecule has 1 N–H and O–H groups in total. The van der Waals surface area contributed by atoms with E-state index in [4.69, 9.17) is 4.74 Å². The zero-order valence-electron chi connectivity index (χ0n) is 15.0. The summed E-state index contributed by atoms with van der Waals surface area (Å²) in [5.41, 5.74) is 0.897. The van der Waals surface area contributed by atoms with Crippen LogP contribution in [0.15, 0.2) is 30.3 Å². The first-order valence-corrected chi connectivity index (χ1v) is 9.33. The van der Waals surface area contributed by atoms with E-state index in [-0.39, 0.29) is 12.5 Å². The summed E-state index contributed by atoms with van der Waals surface area (Å²) in [7, 11) is 0. The maximum atomic E-state index is 12.6. The first kappa shape index (κ1) is 19.3. The number of carboxylic acid groups (broad SMARTS) is 1. The van der Waals surface area contributed by atoms with E-state index < -0.39 is 18.1 Å². The average molecular weight is 347 g/mol. The van der Waals surface area contributed by atoms with Crippen molar-refractivity contribution in [1.82, 2.24) is 4.90 Å². The van der Waals surface area contributed by atoms with Crippen LogP contribution in [0.4, 0.5) is 4.79 Å². The molecule has 1 amide bonds. The number of benzene rings is 1. The molecule has 0 heterocycles. The number of nitrogens with zero attached hydrogens (tertiary/aromatic N) is 1. The molecule has 0 bridgehead atoms. The van der Waals surface area contributed by atoms with Gasteiger partial charge in [0.15, 0.2) is 0 Å². The Hall–Kier alpha value is -2.04. The van der Waals surface area contributed by atoms with Crippen LogP contribution >= 0.6 is 0 Å². The molecule has 1 fully saturated rings. The van der Waals surface area contributed by atoms with Crippen molar-refractivity contribution in [2.45, 2.75) is 64.5 Å². The molecule has 5 heteroatoms. The Morgan fingerprint density at radius 1 is 1.16 bits per heavy atom. The molecule has 1 aromatic rings. The van der Waals surface area contributed by atoms with Crippen molar-refractivity contribution in [3.63, 3.8) is 0 Å². The monoisotopic (exact) mass is 347 g/mol. The average Bonchev–Trinajstić information content (AvgIpc) is 2.89. The standard InChI is InChI=1S/C20H29NO4/c1-2-14-21(20(24)25-15-16-10-6-5-7-11-16)18(19(22)23)17-12-8-3-4-9-13-17/h5-7,10-11,17-18H,2-4,8-9,12-15H2,1H3,(H,22,23). The van der Waals surface area contributed by atoms with E-state index in [0.29, 0.717) is 13.0 Å². The van der Waals surface area contributed by atoms with Crippen LogP contribution in [0.25, 0.3) is 0 Å². The topological polar surface area (TPSA) is 66.8 Å². The molecular formula is C20H29NO4. The minimum atomic E-state index is -0.919. The van der Waals surface area contributed by atoms with Crippen molar-refractivity contribution in [1.29, 1.82) is 0 Å². The number of rotatable bonds is 7. The van der Waals surface area contributed by atoms with Gasteiger partial charge in [-0.05, 0) is 30.7 Å². The second kappa shape index (κ2) is 10.1. The first-order chi connectivity index (χ1) is 12.1. The molecule has 0 aliphatic heterocycles. The number of amides is 1. The van der Waals surface area contributed by atoms with Crippen molar-refractivity contribution >= 4 is 12.1 Å². The van der Waals surface area contributed by atoms with Gasteiger partial charge in [0.1, 0.15) is 12.6 Å². The zero-order valence-corrected chi connectivity index (χ0v) is 15.0. The summed E-state index contributed by atoms with van der Waals surface area (Å²) >= 11 is 0. The minimum Gasteiger partial charge on any atom is -0.480 e. The number of carbonyl (C=O) groups is 2. The Labute approximate surface area is 150 Å². The molecular weight excluding hydrogens is 318 g/mol. The number of hydrogen-bond acceptors (Lipinski definition) is 3. The lowest BCUT2D eigenvalue weighted by Crippen LogP contribution is -2.49. The summed E-state index contributed by atoms with van der Waals surface area (Å²) < 4.78 is 5.42. The number of hydrogen-bond donors (Lipinski definition) is 1. The quantitative estimate of drug-likeness (QED) is 0.740. The summed E-state index contributed by atoms with van der Waals surface area (Å²) in [5.74, 6) is -0.909. The normalized spacial score (nSPS) is 16.7. The highest BCUT2D eigenvalue weighted by molar-refractivity contribution is 5.80. The van der Waals surface area contributed by atoms with Crippen LogP contribution < -0.4 is 0 Å². The van der Waals surface area contributed by atoms with Gasteiger partial charge in [0.25, 0.3) is 0 Å². The predicted octanol–water partition coefficient (Wildman–Crippen LogP) is 4.46. The van der Waals surface area contributed by atoms with Crippen LogP contribution in [0, 0.1) is 5.92 Å². The molecule has 0 radical (unpaired) electrons. The molecule has 25 heavy (non-hydrogen) atoms. The zero-order chi connectivity index (χ0) is 18.1. The van der Waals surface area contributed by atoms with Crippen molar-refractivity contribution in [2.75, 3.05) is 6.54 Å². The van der Waals surface area contributed by atoms with Gasteiger partial charge in [-0.3, -0.25) is 4.90 Å². The SMILES string of the molecule is CCCN(C(=O)OCc1ccccc1)C(C(=O)O)C1CCCCCC1. The van der Waals surface area contributed by atoms with E-state index >= 15 is 0 Å². The van der Waals surface area contributed by atoms with E-state index in [2.05, 4.69) is 0 Å². The van der Waals surface area contributed by atoms with Gasteiger partial charge in [0, 0.05) is 6.54 Å². The van der Waals surface area contributed by atoms with Crippen LogP contribution in [0.3, 0.4) is 0 Å². The van der Waals surface area contributed by atoms with Gasteiger partial charge in [-0.15, -0.1) is 0 Å². The van der Waals surface area contributed by atoms with Crippen molar-refractivity contribution in [3.05, 3.63) is 35.9 Å². The first-order valence-electron chi connectivity index (χ1n) is 9.33. The minimum absolute atomic E-state index is 0.0100. The summed E-state index contributed by atoms with van der Waals surface area (Å²) in [6.07, 6.45) is 6.27. The third-order valence-corrected chi connectivity index (χ3v) is 4.84. The fourth-order valence-electron chi connectivity index (χ4n) is 3.60. The largest absolute Gasteiger partial charge is 0.480 e. The molecule has 0 aromatic heterocycles. The number of ether oxygens (including phenoxy) is 1. The molecule has 2 rings (SSSR count). The van der Waals surface area contributed by atoms with E-state index in [1.54, 1.807) is 0 Å². The fraction of sp³-hybridized carbons (Fsp3) is 0.600. The number of carbonyl (C=O) groups excluding carboxylic acids is 1. The molecule has 5 nitrogen and oxygen atoms in total. The highest BCUT2D eigenvalue weighted by Crippen LogP contribution is 2.29. The van der Waals surface area contributed by atoms with Gasteiger partial charge >= 0.3 is 12.1 Å². The molecule has 1 aromatic carbocycles. The van der Waals surface area contributed by atoms with Gasteiger partial charge in [0.2, 0.25) is 0 Å². The van der Waals surface area contributed by atoms with Gasteiger partial charge in [-0.2, -0.15) is 0 Å². The third-order valence-electron chi connectivity index (χ3n) is 4.84. The van der Waals surface area contributed by atoms with Crippen LogP contribution in [-0.4, -0.2) is 34.7 Å². The Kier molecular flexibility index (Phi) is 7.76. The van der Waals surface area contributed by atoms with Crippen molar-refractivity contribution < 1.29 is 19.4 Å². The van der Waals surface area contributed by atoms with E-state index in [0.717, 1.165) is 44.1 Å². The Morgan fingerprint density at radius 2 is 1.80 bits per heavy atom. The highest BCUT2D eigenvalue weighted by atomic mass is 16.6.